The fourth-order valence-electron chi connectivity index (χ4n) is 3.01. The van der Waals surface area contributed by atoms with Crippen LogP contribution in [0.2, 0.25) is 0 Å². The molecule has 94 valence electrons. The second-order valence-corrected chi connectivity index (χ2v) is 5.73. The molecule has 17 heavy (non-hydrogen) atoms. The molecule has 0 spiro atoms. The van der Waals surface area contributed by atoms with E-state index in [4.69, 9.17) is 11.6 Å². The largest absolute Gasteiger partial charge is 0.126 e. The lowest BCUT2D eigenvalue weighted by molar-refractivity contribution is 0.397. The summed E-state index contributed by atoms with van der Waals surface area (Å²) in [6.45, 7) is 2.14. The quantitative estimate of drug-likeness (QED) is 0.505. The zero-order valence-electron chi connectivity index (χ0n) is 10.8. The van der Waals surface area contributed by atoms with Crippen molar-refractivity contribution in [2.75, 3.05) is 5.88 Å². The molecular weight excluding hydrogens is 228 g/mol. The molecule has 0 aromatic heterocycles. The van der Waals surface area contributed by atoms with Gasteiger partial charge in [0.1, 0.15) is 0 Å². The highest BCUT2D eigenvalue weighted by molar-refractivity contribution is 6.18. The van der Waals surface area contributed by atoms with Crippen LogP contribution in [0.4, 0.5) is 0 Å². The highest BCUT2D eigenvalue weighted by Crippen LogP contribution is 2.36. The van der Waals surface area contributed by atoms with Gasteiger partial charge in [-0.15, -0.1) is 11.6 Å². The van der Waals surface area contributed by atoms with Crippen molar-refractivity contribution in [3.63, 3.8) is 0 Å². The molecule has 0 bridgehead atoms. The first-order valence-electron chi connectivity index (χ1n) is 6.94. The molecule has 1 aliphatic rings. The van der Waals surface area contributed by atoms with Crippen molar-refractivity contribution in [3.05, 3.63) is 35.4 Å². The van der Waals surface area contributed by atoms with Gasteiger partial charge in [-0.05, 0) is 31.2 Å². The van der Waals surface area contributed by atoms with Gasteiger partial charge >= 0.3 is 0 Å². The summed E-state index contributed by atoms with van der Waals surface area (Å²) in [7, 11) is 0. The van der Waals surface area contributed by atoms with E-state index in [1.54, 1.807) is 0 Å². The summed E-state index contributed by atoms with van der Waals surface area (Å²) in [5, 5.41) is 0. The summed E-state index contributed by atoms with van der Waals surface area (Å²) < 4.78 is 0. The number of hydrogen-bond donors (Lipinski definition) is 0. The van der Waals surface area contributed by atoms with Crippen molar-refractivity contribution in [2.24, 2.45) is 5.92 Å². The van der Waals surface area contributed by atoms with E-state index < -0.39 is 0 Å². The molecule has 0 N–H and O–H groups in total. The summed E-state index contributed by atoms with van der Waals surface area (Å²) in [5.41, 5.74) is 2.78. The number of hydrogen-bond acceptors (Lipinski definition) is 0. The van der Waals surface area contributed by atoms with Crippen molar-refractivity contribution in [3.8, 4) is 0 Å². The number of alkyl halides is 1. The molecule has 0 aliphatic heterocycles. The number of benzene rings is 1. The van der Waals surface area contributed by atoms with Crippen LogP contribution in [0.5, 0.6) is 0 Å². The third-order valence-corrected chi connectivity index (χ3v) is 4.47. The zero-order chi connectivity index (χ0) is 12.1. The van der Waals surface area contributed by atoms with Gasteiger partial charge < -0.3 is 0 Å². The molecular formula is C16H23Cl. The van der Waals surface area contributed by atoms with Crippen LogP contribution in [0.3, 0.4) is 0 Å². The van der Waals surface area contributed by atoms with Crippen LogP contribution in [0, 0.1) is 12.8 Å². The zero-order valence-corrected chi connectivity index (χ0v) is 11.5. The lowest BCUT2D eigenvalue weighted by Crippen LogP contribution is -2.14. The highest BCUT2D eigenvalue weighted by atomic mass is 35.5. The van der Waals surface area contributed by atoms with Crippen molar-refractivity contribution in [1.82, 2.24) is 0 Å². The third kappa shape index (κ3) is 3.48. The minimum absolute atomic E-state index is 0.565. The predicted molar refractivity (Wildman–Crippen MR) is 75.8 cm³/mol. The summed E-state index contributed by atoms with van der Waals surface area (Å²) in [6.07, 6.45) is 8.35. The highest BCUT2D eigenvalue weighted by Gasteiger charge is 2.23. The second-order valence-electron chi connectivity index (χ2n) is 5.42. The Balaban J connectivity index is 2.11. The first kappa shape index (κ1) is 13.0. The van der Waals surface area contributed by atoms with Crippen LogP contribution in [0.1, 0.15) is 55.6 Å². The Bertz CT molecular complexity index is 320. The SMILES string of the molecule is Cc1ccc(C(CCl)C2CCCCCC2)cc1. The summed E-state index contributed by atoms with van der Waals surface area (Å²) >= 11 is 6.23. The predicted octanol–water partition coefficient (Wildman–Crippen LogP) is 5.29. The fourth-order valence-corrected chi connectivity index (χ4v) is 3.44. The van der Waals surface area contributed by atoms with E-state index in [1.165, 1.54) is 49.7 Å². The molecule has 0 nitrogen and oxygen atoms in total. The van der Waals surface area contributed by atoms with E-state index in [0.717, 1.165) is 11.8 Å². The lowest BCUT2D eigenvalue weighted by atomic mass is 9.82. The monoisotopic (exact) mass is 250 g/mol. The standard InChI is InChI=1S/C16H23Cl/c1-13-8-10-15(11-9-13)16(12-17)14-6-4-2-3-5-7-14/h8-11,14,16H,2-7,12H2,1H3. The van der Waals surface area contributed by atoms with Gasteiger partial charge in [-0.25, -0.2) is 0 Å². The van der Waals surface area contributed by atoms with E-state index >= 15 is 0 Å². The van der Waals surface area contributed by atoms with Crippen molar-refractivity contribution in [2.45, 2.75) is 51.4 Å². The van der Waals surface area contributed by atoms with Crippen LogP contribution in [0.25, 0.3) is 0 Å². The van der Waals surface area contributed by atoms with E-state index in [-0.39, 0.29) is 0 Å². The first-order chi connectivity index (χ1) is 8.31. The molecule has 1 aliphatic carbocycles. The maximum Gasteiger partial charge on any atom is 0.0294 e. The van der Waals surface area contributed by atoms with Gasteiger partial charge in [0.05, 0.1) is 0 Å². The molecule has 1 heteroatoms. The Labute approximate surface area is 110 Å². The minimum atomic E-state index is 0.565. The summed E-state index contributed by atoms with van der Waals surface area (Å²) in [4.78, 5) is 0. The van der Waals surface area contributed by atoms with Crippen LogP contribution in [-0.2, 0) is 0 Å². The van der Waals surface area contributed by atoms with Crippen LogP contribution in [0.15, 0.2) is 24.3 Å². The Morgan fingerprint density at radius 3 is 2.18 bits per heavy atom. The van der Waals surface area contributed by atoms with E-state index in [1.807, 2.05) is 0 Å². The molecule has 1 unspecified atom stereocenters. The number of aryl methyl sites for hydroxylation is 1. The average molecular weight is 251 g/mol. The van der Waals surface area contributed by atoms with Gasteiger partial charge in [0.15, 0.2) is 0 Å². The molecule has 1 saturated carbocycles. The van der Waals surface area contributed by atoms with Gasteiger partial charge in [-0.2, -0.15) is 0 Å². The Morgan fingerprint density at radius 1 is 1.06 bits per heavy atom. The van der Waals surface area contributed by atoms with Gasteiger partial charge in [0.2, 0.25) is 0 Å². The fraction of sp³-hybridized carbons (Fsp3) is 0.625. The smallest absolute Gasteiger partial charge is 0.0294 e. The minimum Gasteiger partial charge on any atom is -0.126 e. The third-order valence-electron chi connectivity index (χ3n) is 4.14. The second kappa shape index (κ2) is 6.44. The molecule has 0 amide bonds. The Kier molecular flexibility index (Phi) is 4.91. The normalized spacial score (nSPS) is 19.9. The van der Waals surface area contributed by atoms with Crippen LogP contribution in [-0.4, -0.2) is 5.88 Å². The van der Waals surface area contributed by atoms with Gasteiger partial charge in [0.25, 0.3) is 0 Å². The maximum absolute atomic E-state index is 6.23. The Hall–Kier alpha value is -0.490. The van der Waals surface area contributed by atoms with E-state index in [2.05, 4.69) is 31.2 Å². The van der Waals surface area contributed by atoms with Crippen LogP contribution < -0.4 is 0 Å². The molecule has 1 atom stereocenters. The molecule has 0 saturated heterocycles. The number of halogens is 1. The molecule has 2 rings (SSSR count). The molecule has 0 heterocycles. The van der Waals surface area contributed by atoms with Crippen molar-refractivity contribution in [1.29, 1.82) is 0 Å². The van der Waals surface area contributed by atoms with Gasteiger partial charge in [-0.3, -0.25) is 0 Å². The average Bonchev–Trinajstić information content (AvgIpc) is 2.62. The van der Waals surface area contributed by atoms with Crippen molar-refractivity contribution >= 4 is 11.6 Å². The molecule has 1 fully saturated rings. The molecule has 1 aromatic carbocycles. The summed E-state index contributed by atoms with van der Waals surface area (Å²) in [5.74, 6) is 2.14. The van der Waals surface area contributed by atoms with Gasteiger partial charge in [-0.1, -0.05) is 55.5 Å². The van der Waals surface area contributed by atoms with Gasteiger partial charge in [0, 0.05) is 11.8 Å². The Morgan fingerprint density at radius 2 is 1.65 bits per heavy atom. The number of rotatable bonds is 3. The van der Waals surface area contributed by atoms with E-state index in [9.17, 15) is 0 Å². The van der Waals surface area contributed by atoms with Crippen LogP contribution >= 0.6 is 11.6 Å². The molecule has 0 radical (unpaired) electrons. The van der Waals surface area contributed by atoms with E-state index in [0.29, 0.717) is 5.92 Å². The molecule has 1 aromatic rings. The first-order valence-corrected chi connectivity index (χ1v) is 7.47. The summed E-state index contributed by atoms with van der Waals surface area (Å²) in [6, 6.07) is 8.97. The van der Waals surface area contributed by atoms with Crippen molar-refractivity contribution < 1.29 is 0 Å². The maximum atomic E-state index is 6.23. The lowest BCUT2D eigenvalue weighted by Gasteiger charge is -2.24. The topological polar surface area (TPSA) is 0 Å².